The molecule has 3 aliphatic heterocycles. The van der Waals surface area contributed by atoms with Crippen LogP contribution in [-0.4, -0.2) is 91.5 Å². The van der Waals surface area contributed by atoms with Crippen molar-refractivity contribution in [2.24, 2.45) is 0 Å². The summed E-state index contributed by atoms with van der Waals surface area (Å²) in [5.74, 6) is -0.601. The number of nitrogens with zero attached hydrogens (tertiary/aromatic N) is 4. The summed E-state index contributed by atoms with van der Waals surface area (Å²) < 4.78 is 49.7. The summed E-state index contributed by atoms with van der Waals surface area (Å²) in [6, 6.07) is 13.6. The first-order valence-electron chi connectivity index (χ1n) is 19.2. The van der Waals surface area contributed by atoms with Gasteiger partial charge in [0.25, 0.3) is 5.91 Å². The molecule has 3 fully saturated rings. The minimum atomic E-state index is -0.820. The Morgan fingerprint density at radius 2 is 1.51 bits per heavy atom. The maximum Gasteiger partial charge on any atom is 0.263 e. The van der Waals surface area contributed by atoms with Gasteiger partial charge >= 0.3 is 0 Å². The first-order chi connectivity index (χ1) is 25.6. The molecule has 0 N–H and O–H groups in total. The third-order valence-electron chi connectivity index (χ3n) is 10.5. The Labute approximate surface area is 311 Å². The predicted octanol–water partition coefficient (Wildman–Crippen LogP) is 7.60. The summed E-state index contributed by atoms with van der Waals surface area (Å²) in [5, 5.41) is 0.291. The van der Waals surface area contributed by atoms with Gasteiger partial charge in [-0.3, -0.25) is 14.5 Å². The largest absolute Gasteiger partial charge is 0.494 e. The quantitative estimate of drug-likeness (QED) is 0.0824. The molecule has 1 amide bonds. The van der Waals surface area contributed by atoms with Gasteiger partial charge in [0.1, 0.15) is 34.4 Å². The Balaban J connectivity index is 1.24. The molecule has 0 unspecified atom stereocenters. The number of rotatable bonds is 17. The predicted molar refractivity (Wildman–Crippen MR) is 205 cm³/mol. The molecular weight excluding hydrogens is 678 g/mol. The number of benzene rings is 3. The second kappa shape index (κ2) is 17.1. The van der Waals surface area contributed by atoms with Gasteiger partial charge in [0.2, 0.25) is 5.43 Å². The molecule has 0 spiro atoms. The van der Waals surface area contributed by atoms with Crippen molar-refractivity contribution in [3.63, 3.8) is 0 Å². The van der Waals surface area contributed by atoms with Gasteiger partial charge in [-0.1, -0.05) is 12.8 Å². The van der Waals surface area contributed by atoms with E-state index in [1.807, 2.05) is 39.0 Å². The van der Waals surface area contributed by atoms with Crippen LogP contribution in [0.15, 0.2) is 65.6 Å². The van der Waals surface area contributed by atoms with Crippen LogP contribution >= 0.6 is 0 Å². The number of amides is 1. The first kappa shape index (κ1) is 38.3. The molecule has 3 aromatic carbocycles. The third kappa shape index (κ3) is 9.19. The summed E-state index contributed by atoms with van der Waals surface area (Å²) in [6.07, 6.45) is 7.07. The second-order valence-electron chi connectivity index (χ2n) is 14.6. The van der Waals surface area contributed by atoms with Crippen LogP contribution in [0.5, 0.6) is 17.2 Å². The lowest BCUT2D eigenvalue weighted by atomic mass is 10.1. The van der Waals surface area contributed by atoms with Gasteiger partial charge in [0.15, 0.2) is 0 Å². The standard InChI is InChI=1S/C42H53F2N4O5/c1-5-46(33-23-31(43)22-32(44)24-33)42(50)39-29-47(34-25-36(51-6-2)27-37(26-34)53-30(3)4)40-28-35(12-13-38(40)41(39)49)52-21-11-9-7-8-10-17-48-18-14-45(15-19-48)16-20-48/h12-13,22-30H,5-11,14-21H2,1-4H3/q+1. The van der Waals surface area contributed by atoms with E-state index in [9.17, 15) is 18.4 Å². The zero-order valence-electron chi connectivity index (χ0n) is 31.5. The van der Waals surface area contributed by atoms with Crippen molar-refractivity contribution >= 4 is 22.5 Å². The lowest BCUT2D eigenvalue weighted by molar-refractivity contribution is -0.941. The highest BCUT2D eigenvalue weighted by Gasteiger charge is 2.37. The maximum atomic E-state index is 14.2. The molecule has 3 aliphatic rings. The molecular formula is C42H53F2N4O5+. The summed E-state index contributed by atoms with van der Waals surface area (Å²) >= 11 is 0. The number of halogens is 2. The molecule has 7 rings (SSSR count). The molecule has 11 heteroatoms. The molecule has 9 nitrogen and oxygen atoms in total. The topological polar surface area (TPSA) is 73.2 Å². The van der Waals surface area contributed by atoms with E-state index in [0.29, 0.717) is 47.1 Å². The van der Waals surface area contributed by atoms with Crippen LogP contribution in [0.2, 0.25) is 0 Å². The number of carbonyl (C=O) groups is 1. The average Bonchev–Trinajstić information content (AvgIpc) is 3.13. The molecule has 284 valence electrons. The van der Waals surface area contributed by atoms with Crippen molar-refractivity contribution in [2.75, 3.05) is 70.5 Å². The summed E-state index contributed by atoms with van der Waals surface area (Å²) in [5.41, 5.74) is 0.487. The van der Waals surface area contributed by atoms with Gasteiger partial charge < -0.3 is 28.2 Å². The van der Waals surface area contributed by atoms with Gasteiger partial charge in [-0.05, 0) is 71.2 Å². The fraction of sp³-hybridized carbons (Fsp3) is 0.476. The lowest BCUT2D eigenvalue weighted by Crippen LogP contribution is -2.67. The third-order valence-corrected chi connectivity index (χ3v) is 10.5. The van der Waals surface area contributed by atoms with Crippen LogP contribution in [0.4, 0.5) is 14.5 Å². The molecule has 4 aromatic rings. The Kier molecular flexibility index (Phi) is 12.4. The van der Waals surface area contributed by atoms with Crippen molar-refractivity contribution in [3.05, 3.63) is 88.2 Å². The van der Waals surface area contributed by atoms with Crippen LogP contribution in [0.1, 0.15) is 70.2 Å². The van der Waals surface area contributed by atoms with Crippen molar-refractivity contribution in [1.29, 1.82) is 0 Å². The number of pyridine rings is 1. The minimum Gasteiger partial charge on any atom is -0.494 e. The molecule has 3 saturated heterocycles. The molecule has 0 aliphatic carbocycles. The summed E-state index contributed by atoms with van der Waals surface area (Å²) in [6.45, 7) is 17.5. The lowest BCUT2D eigenvalue weighted by Gasteiger charge is -2.50. The van der Waals surface area contributed by atoms with E-state index in [1.165, 1.54) is 80.7 Å². The van der Waals surface area contributed by atoms with Gasteiger partial charge in [0, 0.05) is 73.8 Å². The Morgan fingerprint density at radius 1 is 0.830 bits per heavy atom. The number of piperazine rings is 3. The van der Waals surface area contributed by atoms with E-state index in [-0.39, 0.29) is 23.9 Å². The number of quaternary nitrogens is 1. The Morgan fingerprint density at radius 3 is 2.19 bits per heavy atom. The number of unbranched alkanes of at least 4 members (excludes halogenated alkanes) is 4. The Hall–Kier alpha value is -4.48. The second-order valence-corrected chi connectivity index (χ2v) is 14.6. The number of carbonyl (C=O) groups excluding carboxylic acids is 1. The molecule has 53 heavy (non-hydrogen) atoms. The number of ether oxygens (including phenoxy) is 3. The van der Waals surface area contributed by atoms with E-state index in [2.05, 4.69) is 4.90 Å². The van der Waals surface area contributed by atoms with Crippen molar-refractivity contribution < 1.29 is 32.3 Å². The monoisotopic (exact) mass is 731 g/mol. The van der Waals surface area contributed by atoms with Crippen LogP contribution in [0.25, 0.3) is 16.6 Å². The highest BCUT2D eigenvalue weighted by atomic mass is 19.1. The van der Waals surface area contributed by atoms with E-state index >= 15 is 0 Å². The summed E-state index contributed by atoms with van der Waals surface area (Å²) in [7, 11) is 0. The number of fused-ring (bicyclic) bond motifs is 4. The fourth-order valence-corrected chi connectivity index (χ4v) is 7.67. The molecule has 0 saturated carbocycles. The number of aromatic nitrogens is 1. The summed E-state index contributed by atoms with van der Waals surface area (Å²) in [4.78, 5) is 31.9. The molecule has 1 aromatic heterocycles. The van der Waals surface area contributed by atoms with E-state index in [0.717, 1.165) is 31.0 Å². The normalized spacial score (nSPS) is 18.1. The number of hydrogen-bond acceptors (Lipinski definition) is 6. The zero-order chi connectivity index (χ0) is 37.5. The van der Waals surface area contributed by atoms with Crippen molar-refractivity contribution in [1.82, 2.24) is 9.47 Å². The highest BCUT2D eigenvalue weighted by molar-refractivity contribution is 6.07. The average molecular weight is 732 g/mol. The maximum absolute atomic E-state index is 14.2. The molecule has 0 radical (unpaired) electrons. The van der Waals surface area contributed by atoms with Gasteiger partial charge in [0.05, 0.1) is 56.7 Å². The van der Waals surface area contributed by atoms with Crippen LogP contribution < -0.4 is 24.5 Å². The fourth-order valence-electron chi connectivity index (χ4n) is 7.67. The van der Waals surface area contributed by atoms with Crippen molar-refractivity contribution in [2.45, 2.75) is 65.9 Å². The van der Waals surface area contributed by atoms with E-state index in [1.54, 1.807) is 29.7 Å². The van der Waals surface area contributed by atoms with Crippen LogP contribution in [0.3, 0.4) is 0 Å². The smallest absolute Gasteiger partial charge is 0.263 e. The molecule has 0 atom stereocenters. The molecule has 2 bridgehead atoms. The number of hydrogen-bond donors (Lipinski definition) is 0. The van der Waals surface area contributed by atoms with Gasteiger partial charge in [-0.15, -0.1) is 0 Å². The van der Waals surface area contributed by atoms with Gasteiger partial charge in [-0.25, -0.2) is 8.78 Å². The molecule has 4 heterocycles. The van der Waals surface area contributed by atoms with Crippen molar-refractivity contribution in [3.8, 4) is 22.9 Å². The highest BCUT2D eigenvalue weighted by Crippen LogP contribution is 2.31. The minimum absolute atomic E-state index is 0.0177. The van der Waals surface area contributed by atoms with Crippen LogP contribution in [0, 0.1) is 11.6 Å². The van der Waals surface area contributed by atoms with Crippen LogP contribution in [-0.2, 0) is 0 Å². The number of anilines is 1. The van der Waals surface area contributed by atoms with E-state index in [4.69, 9.17) is 14.2 Å². The zero-order valence-corrected chi connectivity index (χ0v) is 31.5. The SMILES string of the molecule is CCOc1cc(OC(C)C)cc(-n2cc(C(=O)N(CC)c3cc(F)cc(F)c3)c(=O)c3ccc(OCCCCCCC[N+]45CCN(CC4)CC5)cc32)c1. The first-order valence-corrected chi connectivity index (χ1v) is 19.2. The van der Waals surface area contributed by atoms with E-state index < -0.39 is 23.0 Å². The Bertz CT molecular complexity index is 1920. The van der Waals surface area contributed by atoms with Gasteiger partial charge in [-0.2, -0.15) is 0 Å².